The molecular formula is C10H12BrNO2. The highest BCUT2D eigenvalue weighted by atomic mass is 79.9. The minimum Gasteiger partial charge on any atom is -0.388 e. The van der Waals surface area contributed by atoms with E-state index in [1.54, 1.807) is 24.3 Å². The SMILES string of the molecule is NC(=O)Cc1ccc(C(O)CBr)cc1. The van der Waals surface area contributed by atoms with Gasteiger partial charge in [0.1, 0.15) is 0 Å². The van der Waals surface area contributed by atoms with E-state index < -0.39 is 6.10 Å². The fourth-order valence-corrected chi connectivity index (χ4v) is 1.52. The molecule has 0 aromatic heterocycles. The van der Waals surface area contributed by atoms with Gasteiger partial charge in [0.15, 0.2) is 0 Å². The Bertz CT molecular complexity index is 310. The van der Waals surface area contributed by atoms with Crippen molar-refractivity contribution in [2.24, 2.45) is 5.73 Å². The Morgan fingerprint density at radius 2 is 2.00 bits per heavy atom. The topological polar surface area (TPSA) is 63.3 Å². The van der Waals surface area contributed by atoms with E-state index in [2.05, 4.69) is 15.9 Å². The summed E-state index contributed by atoms with van der Waals surface area (Å²) in [6.45, 7) is 0. The number of primary amides is 1. The zero-order valence-corrected chi connectivity index (χ0v) is 9.20. The molecule has 1 rings (SSSR count). The molecule has 0 aliphatic rings. The van der Waals surface area contributed by atoms with Gasteiger partial charge < -0.3 is 10.8 Å². The van der Waals surface area contributed by atoms with Crippen molar-refractivity contribution in [3.05, 3.63) is 35.4 Å². The maximum absolute atomic E-state index is 10.6. The van der Waals surface area contributed by atoms with Crippen molar-refractivity contribution in [3.63, 3.8) is 0 Å². The van der Waals surface area contributed by atoms with E-state index in [1.165, 1.54) is 0 Å². The van der Waals surface area contributed by atoms with E-state index in [4.69, 9.17) is 5.73 Å². The lowest BCUT2D eigenvalue weighted by Gasteiger charge is -2.07. The third kappa shape index (κ3) is 3.12. The average Bonchev–Trinajstić information content (AvgIpc) is 2.17. The van der Waals surface area contributed by atoms with Crippen LogP contribution in [0.2, 0.25) is 0 Å². The van der Waals surface area contributed by atoms with Crippen LogP contribution in [0, 0.1) is 0 Å². The fraction of sp³-hybridized carbons (Fsp3) is 0.300. The Labute approximate surface area is 91.1 Å². The largest absolute Gasteiger partial charge is 0.388 e. The number of rotatable bonds is 4. The van der Waals surface area contributed by atoms with Crippen LogP contribution in [0.5, 0.6) is 0 Å². The number of aliphatic hydroxyl groups excluding tert-OH is 1. The third-order valence-corrected chi connectivity index (χ3v) is 2.50. The number of aliphatic hydroxyl groups is 1. The number of benzene rings is 1. The second-order valence-electron chi connectivity index (χ2n) is 3.05. The molecule has 0 aliphatic carbocycles. The molecule has 0 spiro atoms. The van der Waals surface area contributed by atoms with Crippen molar-refractivity contribution in [1.82, 2.24) is 0 Å². The van der Waals surface area contributed by atoms with Crippen molar-refractivity contribution >= 4 is 21.8 Å². The molecule has 76 valence electrons. The lowest BCUT2D eigenvalue weighted by molar-refractivity contribution is -0.117. The maximum atomic E-state index is 10.6. The molecule has 1 aromatic rings. The van der Waals surface area contributed by atoms with Crippen molar-refractivity contribution in [2.75, 3.05) is 5.33 Å². The summed E-state index contributed by atoms with van der Waals surface area (Å²) < 4.78 is 0. The Balaban J connectivity index is 2.73. The zero-order valence-electron chi connectivity index (χ0n) is 7.61. The number of nitrogens with two attached hydrogens (primary N) is 1. The van der Waals surface area contributed by atoms with E-state index in [0.717, 1.165) is 11.1 Å². The quantitative estimate of drug-likeness (QED) is 0.795. The van der Waals surface area contributed by atoms with Crippen LogP contribution in [0.4, 0.5) is 0 Å². The molecule has 3 nitrogen and oxygen atoms in total. The number of hydrogen-bond donors (Lipinski definition) is 2. The highest BCUT2D eigenvalue weighted by molar-refractivity contribution is 9.09. The standard InChI is InChI=1S/C10H12BrNO2/c11-6-9(13)8-3-1-7(2-4-8)5-10(12)14/h1-4,9,13H,5-6H2,(H2,12,14). The van der Waals surface area contributed by atoms with E-state index in [0.29, 0.717) is 5.33 Å². The molecule has 1 amide bonds. The fourth-order valence-electron chi connectivity index (χ4n) is 1.15. The van der Waals surface area contributed by atoms with E-state index in [-0.39, 0.29) is 12.3 Å². The number of halogens is 1. The van der Waals surface area contributed by atoms with Gasteiger partial charge in [0.25, 0.3) is 0 Å². The van der Waals surface area contributed by atoms with Crippen LogP contribution in [0.15, 0.2) is 24.3 Å². The normalized spacial score (nSPS) is 12.4. The molecule has 14 heavy (non-hydrogen) atoms. The van der Waals surface area contributed by atoms with Gasteiger partial charge in [0.2, 0.25) is 5.91 Å². The summed E-state index contributed by atoms with van der Waals surface area (Å²) in [5.74, 6) is -0.348. The molecule has 0 aliphatic heterocycles. The van der Waals surface area contributed by atoms with Crippen LogP contribution in [0.3, 0.4) is 0 Å². The van der Waals surface area contributed by atoms with E-state index in [1.807, 2.05) is 0 Å². The Morgan fingerprint density at radius 3 is 2.43 bits per heavy atom. The van der Waals surface area contributed by atoms with Gasteiger partial charge in [-0.2, -0.15) is 0 Å². The van der Waals surface area contributed by atoms with Gasteiger partial charge >= 0.3 is 0 Å². The van der Waals surface area contributed by atoms with Crippen LogP contribution >= 0.6 is 15.9 Å². The van der Waals surface area contributed by atoms with E-state index >= 15 is 0 Å². The Hall–Kier alpha value is -0.870. The lowest BCUT2D eigenvalue weighted by atomic mass is 10.1. The minimum absolute atomic E-state index is 0.241. The zero-order chi connectivity index (χ0) is 10.6. The lowest BCUT2D eigenvalue weighted by Crippen LogP contribution is -2.13. The van der Waals surface area contributed by atoms with Crippen molar-refractivity contribution in [2.45, 2.75) is 12.5 Å². The molecule has 1 unspecified atom stereocenters. The van der Waals surface area contributed by atoms with Crippen molar-refractivity contribution < 1.29 is 9.90 Å². The molecule has 0 fully saturated rings. The second kappa shape index (κ2) is 5.12. The van der Waals surface area contributed by atoms with Gasteiger partial charge in [-0.3, -0.25) is 4.79 Å². The highest BCUT2D eigenvalue weighted by Gasteiger charge is 2.05. The van der Waals surface area contributed by atoms with Gasteiger partial charge in [0, 0.05) is 5.33 Å². The molecule has 3 N–H and O–H groups in total. The minimum atomic E-state index is -0.502. The van der Waals surface area contributed by atoms with Crippen LogP contribution in [0.25, 0.3) is 0 Å². The number of carbonyl (C=O) groups is 1. The van der Waals surface area contributed by atoms with Gasteiger partial charge in [-0.25, -0.2) is 0 Å². The molecule has 4 heteroatoms. The maximum Gasteiger partial charge on any atom is 0.221 e. The second-order valence-corrected chi connectivity index (χ2v) is 3.70. The molecule has 0 saturated heterocycles. The first kappa shape index (κ1) is 11.2. The molecule has 1 atom stereocenters. The van der Waals surface area contributed by atoms with Crippen molar-refractivity contribution in [3.8, 4) is 0 Å². The molecule has 0 radical (unpaired) electrons. The molecule has 1 aromatic carbocycles. The van der Waals surface area contributed by atoms with Crippen LogP contribution in [0.1, 0.15) is 17.2 Å². The summed E-state index contributed by atoms with van der Waals surface area (Å²) in [5.41, 5.74) is 6.75. The predicted molar refractivity (Wildman–Crippen MR) is 58.1 cm³/mol. The van der Waals surface area contributed by atoms with E-state index in [9.17, 15) is 9.90 Å². The number of amides is 1. The molecule has 0 saturated carbocycles. The van der Waals surface area contributed by atoms with Gasteiger partial charge in [-0.05, 0) is 11.1 Å². The van der Waals surface area contributed by atoms with Crippen LogP contribution < -0.4 is 5.73 Å². The Morgan fingerprint density at radius 1 is 1.43 bits per heavy atom. The third-order valence-electron chi connectivity index (χ3n) is 1.89. The van der Waals surface area contributed by atoms with Gasteiger partial charge in [-0.15, -0.1) is 0 Å². The van der Waals surface area contributed by atoms with Crippen molar-refractivity contribution in [1.29, 1.82) is 0 Å². The summed E-state index contributed by atoms with van der Waals surface area (Å²) in [6, 6.07) is 7.19. The number of alkyl halides is 1. The van der Waals surface area contributed by atoms with Crippen LogP contribution in [-0.2, 0) is 11.2 Å². The Kier molecular flexibility index (Phi) is 4.10. The summed E-state index contributed by atoms with van der Waals surface area (Å²) in [6.07, 6.45) is -0.261. The molecular weight excluding hydrogens is 246 g/mol. The smallest absolute Gasteiger partial charge is 0.221 e. The summed E-state index contributed by atoms with van der Waals surface area (Å²) in [5, 5.41) is 9.97. The first-order chi connectivity index (χ1) is 6.63. The van der Waals surface area contributed by atoms with Crippen LogP contribution in [-0.4, -0.2) is 16.3 Å². The number of hydrogen-bond acceptors (Lipinski definition) is 2. The monoisotopic (exact) mass is 257 g/mol. The summed E-state index contributed by atoms with van der Waals surface area (Å²) in [7, 11) is 0. The summed E-state index contributed by atoms with van der Waals surface area (Å²) >= 11 is 3.19. The van der Waals surface area contributed by atoms with Gasteiger partial charge in [0.05, 0.1) is 12.5 Å². The average molecular weight is 258 g/mol. The first-order valence-corrected chi connectivity index (χ1v) is 5.37. The van der Waals surface area contributed by atoms with Gasteiger partial charge in [-0.1, -0.05) is 40.2 Å². The molecule has 0 bridgehead atoms. The number of carbonyl (C=O) groups excluding carboxylic acids is 1. The first-order valence-electron chi connectivity index (χ1n) is 4.24. The molecule has 0 heterocycles. The highest BCUT2D eigenvalue weighted by Crippen LogP contribution is 2.15. The summed E-state index contributed by atoms with van der Waals surface area (Å²) in [4.78, 5) is 10.6. The predicted octanol–water partition coefficient (Wildman–Crippen LogP) is 1.14.